The molecule has 24 heavy (non-hydrogen) atoms. The zero-order valence-corrected chi connectivity index (χ0v) is 14.2. The highest BCUT2D eigenvalue weighted by atomic mass is 16.4. The van der Waals surface area contributed by atoms with Crippen molar-refractivity contribution in [1.29, 1.82) is 0 Å². The van der Waals surface area contributed by atoms with Crippen LogP contribution in [0.5, 0.6) is 0 Å². The number of hydrogen-bond acceptors (Lipinski definition) is 4. The summed E-state index contributed by atoms with van der Waals surface area (Å²) < 4.78 is 5.89. The third-order valence-electron chi connectivity index (χ3n) is 4.61. The molecular formula is C19H24N2O3. The third kappa shape index (κ3) is 3.67. The van der Waals surface area contributed by atoms with Gasteiger partial charge < -0.3 is 14.8 Å². The normalized spacial score (nSPS) is 16.6. The van der Waals surface area contributed by atoms with Crippen molar-refractivity contribution in [2.45, 2.75) is 45.1 Å². The summed E-state index contributed by atoms with van der Waals surface area (Å²) >= 11 is 0. The predicted octanol–water partition coefficient (Wildman–Crippen LogP) is 3.36. The molecule has 1 amide bonds. The van der Waals surface area contributed by atoms with Crippen molar-refractivity contribution in [3.63, 3.8) is 0 Å². The maximum Gasteiger partial charge on any atom is 0.273 e. The van der Waals surface area contributed by atoms with Gasteiger partial charge in [0.05, 0.1) is 6.10 Å². The maximum atomic E-state index is 12.5. The Morgan fingerprint density at radius 1 is 1.38 bits per heavy atom. The van der Waals surface area contributed by atoms with E-state index in [4.69, 9.17) is 4.42 Å². The van der Waals surface area contributed by atoms with Gasteiger partial charge in [-0.05, 0) is 30.9 Å². The molecule has 128 valence electrons. The van der Waals surface area contributed by atoms with Crippen molar-refractivity contribution in [2.24, 2.45) is 5.92 Å². The molecule has 0 aliphatic heterocycles. The van der Waals surface area contributed by atoms with E-state index in [9.17, 15) is 9.90 Å². The number of carbonyl (C=O) groups excluding carboxylic acids is 1. The summed E-state index contributed by atoms with van der Waals surface area (Å²) in [6, 6.07) is 9.59. The van der Waals surface area contributed by atoms with Crippen LogP contribution in [-0.2, 0) is 0 Å². The molecule has 0 bridgehead atoms. The summed E-state index contributed by atoms with van der Waals surface area (Å²) in [6.45, 7) is 4.21. The van der Waals surface area contributed by atoms with Crippen molar-refractivity contribution < 1.29 is 14.3 Å². The number of amides is 1. The minimum absolute atomic E-state index is 0.144. The van der Waals surface area contributed by atoms with Gasteiger partial charge in [-0.15, -0.1) is 0 Å². The summed E-state index contributed by atoms with van der Waals surface area (Å²) in [5.74, 6) is 1.31. The van der Waals surface area contributed by atoms with Gasteiger partial charge in [0.1, 0.15) is 5.76 Å². The van der Waals surface area contributed by atoms with Crippen LogP contribution < -0.4 is 5.32 Å². The van der Waals surface area contributed by atoms with Gasteiger partial charge in [-0.1, -0.05) is 38.5 Å². The number of hydrogen-bond donors (Lipinski definition) is 2. The van der Waals surface area contributed by atoms with E-state index in [-0.39, 0.29) is 24.3 Å². The van der Waals surface area contributed by atoms with Gasteiger partial charge in [0, 0.05) is 18.0 Å². The lowest BCUT2D eigenvalue weighted by atomic mass is 10.0. The van der Waals surface area contributed by atoms with Crippen LogP contribution in [0, 0.1) is 5.92 Å². The standard InChI is InChI=1S/C19H24N2O3/c1-3-12(2)15(22)11-20-18(23)16-17(13-9-10-13)24-19(21-16)14-7-5-4-6-8-14/h4-8,12-13,15,22H,3,9-11H2,1-2H3,(H,20,23). The van der Waals surface area contributed by atoms with Crippen LogP contribution in [0.1, 0.15) is 55.3 Å². The first-order valence-corrected chi connectivity index (χ1v) is 8.62. The summed E-state index contributed by atoms with van der Waals surface area (Å²) in [7, 11) is 0. The van der Waals surface area contributed by atoms with Gasteiger partial charge in [-0.2, -0.15) is 0 Å². The van der Waals surface area contributed by atoms with Gasteiger partial charge in [0.15, 0.2) is 5.69 Å². The van der Waals surface area contributed by atoms with Crippen LogP contribution in [0.2, 0.25) is 0 Å². The number of nitrogens with one attached hydrogen (secondary N) is 1. The van der Waals surface area contributed by atoms with Crippen LogP contribution in [-0.4, -0.2) is 28.6 Å². The van der Waals surface area contributed by atoms with Crippen molar-refractivity contribution in [3.05, 3.63) is 41.8 Å². The van der Waals surface area contributed by atoms with Crippen LogP contribution in [0.25, 0.3) is 11.5 Å². The third-order valence-corrected chi connectivity index (χ3v) is 4.61. The molecule has 1 aliphatic carbocycles. The van der Waals surface area contributed by atoms with Crippen LogP contribution in [0.15, 0.2) is 34.7 Å². The average Bonchev–Trinajstić information content (AvgIpc) is 3.37. The lowest BCUT2D eigenvalue weighted by Gasteiger charge is -2.17. The van der Waals surface area contributed by atoms with E-state index in [0.29, 0.717) is 17.3 Å². The van der Waals surface area contributed by atoms with Gasteiger partial charge in [-0.3, -0.25) is 4.79 Å². The highest BCUT2D eigenvalue weighted by Gasteiger charge is 2.34. The number of nitrogens with zero attached hydrogens (tertiary/aromatic N) is 1. The first-order valence-electron chi connectivity index (χ1n) is 8.62. The Morgan fingerprint density at radius 3 is 2.71 bits per heavy atom. The zero-order chi connectivity index (χ0) is 17.1. The summed E-state index contributed by atoms with van der Waals surface area (Å²) in [4.78, 5) is 16.9. The van der Waals surface area contributed by atoms with Crippen molar-refractivity contribution in [2.75, 3.05) is 6.54 Å². The van der Waals surface area contributed by atoms with Crippen LogP contribution in [0.3, 0.4) is 0 Å². The molecule has 2 aromatic rings. The van der Waals surface area contributed by atoms with E-state index in [0.717, 1.165) is 24.8 Å². The number of aliphatic hydroxyl groups is 1. The van der Waals surface area contributed by atoms with Crippen molar-refractivity contribution in [3.8, 4) is 11.5 Å². The monoisotopic (exact) mass is 328 g/mol. The predicted molar refractivity (Wildman–Crippen MR) is 91.7 cm³/mol. The van der Waals surface area contributed by atoms with Crippen molar-refractivity contribution in [1.82, 2.24) is 10.3 Å². The summed E-state index contributed by atoms with van der Waals surface area (Å²) in [6.07, 6.45) is 2.37. The zero-order valence-electron chi connectivity index (χ0n) is 14.2. The second-order valence-electron chi connectivity index (χ2n) is 6.54. The number of aliphatic hydroxyl groups excluding tert-OH is 1. The highest BCUT2D eigenvalue weighted by molar-refractivity contribution is 5.94. The van der Waals surface area contributed by atoms with Gasteiger partial charge in [-0.25, -0.2) is 4.98 Å². The first kappa shape index (κ1) is 16.7. The Hall–Kier alpha value is -2.14. The molecule has 3 rings (SSSR count). The fourth-order valence-electron chi connectivity index (χ4n) is 2.58. The Bertz CT molecular complexity index is 692. The smallest absolute Gasteiger partial charge is 0.273 e. The molecule has 2 N–H and O–H groups in total. The average molecular weight is 328 g/mol. The molecule has 1 fully saturated rings. The summed E-state index contributed by atoms with van der Waals surface area (Å²) in [5.41, 5.74) is 1.21. The van der Waals surface area contributed by atoms with Crippen molar-refractivity contribution >= 4 is 5.91 Å². The lowest BCUT2D eigenvalue weighted by Crippen LogP contribution is -2.35. The number of rotatable bonds is 7. The Morgan fingerprint density at radius 2 is 2.08 bits per heavy atom. The summed E-state index contributed by atoms with van der Waals surface area (Å²) in [5, 5.41) is 12.8. The van der Waals surface area contributed by atoms with E-state index >= 15 is 0 Å². The van der Waals surface area contributed by atoms with E-state index in [1.165, 1.54) is 0 Å². The molecule has 1 aromatic heterocycles. The maximum absolute atomic E-state index is 12.5. The Labute approximate surface area is 142 Å². The molecule has 0 saturated heterocycles. The van der Waals surface area contributed by atoms with Crippen LogP contribution >= 0.6 is 0 Å². The molecule has 2 atom stereocenters. The molecule has 1 heterocycles. The molecule has 0 radical (unpaired) electrons. The SMILES string of the molecule is CCC(C)C(O)CNC(=O)c1nc(-c2ccccc2)oc1C1CC1. The highest BCUT2D eigenvalue weighted by Crippen LogP contribution is 2.43. The van der Waals surface area contributed by atoms with E-state index in [1.54, 1.807) is 0 Å². The second kappa shape index (κ2) is 7.18. The quantitative estimate of drug-likeness (QED) is 0.817. The Kier molecular flexibility index (Phi) is 5.00. The molecular weight excluding hydrogens is 304 g/mol. The van der Waals surface area contributed by atoms with Gasteiger partial charge in [0.25, 0.3) is 5.91 Å². The Balaban J connectivity index is 1.77. The lowest BCUT2D eigenvalue weighted by molar-refractivity contribution is 0.0845. The number of carbonyl (C=O) groups is 1. The fraction of sp³-hybridized carbons (Fsp3) is 0.474. The topological polar surface area (TPSA) is 75.4 Å². The van der Waals surface area contributed by atoms with Crippen LogP contribution in [0.4, 0.5) is 0 Å². The molecule has 5 heteroatoms. The number of oxazole rings is 1. The number of aromatic nitrogens is 1. The molecule has 1 aromatic carbocycles. The molecule has 1 saturated carbocycles. The van der Waals surface area contributed by atoms with E-state index < -0.39 is 6.10 Å². The number of benzene rings is 1. The largest absolute Gasteiger partial charge is 0.440 e. The fourth-order valence-corrected chi connectivity index (χ4v) is 2.58. The van der Waals surface area contributed by atoms with E-state index in [1.807, 2.05) is 44.2 Å². The molecule has 5 nitrogen and oxygen atoms in total. The molecule has 1 aliphatic rings. The first-order chi connectivity index (χ1) is 11.6. The minimum atomic E-state index is -0.552. The minimum Gasteiger partial charge on any atom is -0.440 e. The second-order valence-corrected chi connectivity index (χ2v) is 6.54. The molecule has 2 unspecified atom stereocenters. The molecule has 0 spiro atoms. The van der Waals surface area contributed by atoms with Gasteiger partial charge in [0.2, 0.25) is 5.89 Å². The van der Waals surface area contributed by atoms with Gasteiger partial charge >= 0.3 is 0 Å². The van der Waals surface area contributed by atoms with E-state index in [2.05, 4.69) is 10.3 Å².